The molecule has 0 radical (unpaired) electrons. The molecule has 3 nitrogen and oxygen atoms in total. The van der Waals surface area contributed by atoms with Crippen molar-refractivity contribution >= 4 is 0 Å². The van der Waals surface area contributed by atoms with Crippen LogP contribution in [-0.2, 0) is 11.3 Å². The summed E-state index contributed by atoms with van der Waals surface area (Å²) in [5, 5.41) is 9.16. The van der Waals surface area contributed by atoms with Crippen LogP contribution in [0.1, 0.15) is 24.8 Å². The van der Waals surface area contributed by atoms with Gasteiger partial charge in [-0.05, 0) is 42.4 Å². The first-order valence-corrected chi connectivity index (χ1v) is 6.10. The Morgan fingerprint density at radius 1 is 1.24 bits per heavy atom. The molecule has 0 amide bonds. The van der Waals surface area contributed by atoms with E-state index in [4.69, 9.17) is 14.6 Å². The number of ether oxygens (including phenoxy) is 2. The van der Waals surface area contributed by atoms with Crippen LogP contribution in [0.2, 0.25) is 0 Å². The van der Waals surface area contributed by atoms with E-state index in [2.05, 4.69) is 0 Å². The minimum atomic E-state index is 0.194. The van der Waals surface area contributed by atoms with E-state index in [0.29, 0.717) is 13.2 Å². The Balaban J connectivity index is 1.67. The van der Waals surface area contributed by atoms with Gasteiger partial charge in [0.1, 0.15) is 5.75 Å². The molecule has 0 atom stereocenters. The summed E-state index contributed by atoms with van der Waals surface area (Å²) in [5.74, 6) is 0.867. The Bertz CT molecular complexity index is 341. The summed E-state index contributed by atoms with van der Waals surface area (Å²) in [5.41, 5.74) is 1.35. The first-order valence-electron chi connectivity index (χ1n) is 6.10. The van der Waals surface area contributed by atoms with Gasteiger partial charge in [-0.2, -0.15) is 0 Å². The third kappa shape index (κ3) is 3.45. The number of hydrogen-bond acceptors (Lipinski definition) is 3. The first-order chi connectivity index (χ1) is 8.28. The molecule has 17 heavy (non-hydrogen) atoms. The molecule has 0 heterocycles. The van der Waals surface area contributed by atoms with E-state index in [0.717, 1.165) is 37.2 Å². The zero-order valence-electron chi connectivity index (χ0n) is 10.3. The minimum Gasteiger partial charge on any atom is -0.497 e. The van der Waals surface area contributed by atoms with Gasteiger partial charge in [0.15, 0.2) is 0 Å². The van der Waals surface area contributed by atoms with Gasteiger partial charge in [0.05, 0.1) is 13.7 Å². The molecule has 0 spiro atoms. The van der Waals surface area contributed by atoms with Crippen LogP contribution >= 0.6 is 0 Å². The second kappa shape index (κ2) is 5.52. The Labute approximate surface area is 102 Å². The lowest BCUT2D eigenvalue weighted by atomic mass is 10.1. The van der Waals surface area contributed by atoms with Gasteiger partial charge < -0.3 is 14.6 Å². The van der Waals surface area contributed by atoms with Crippen LogP contribution in [0.25, 0.3) is 0 Å². The van der Waals surface area contributed by atoms with Crippen molar-refractivity contribution in [1.82, 2.24) is 0 Å². The SMILES string of the molecule is COc1ccc(COCCC2(CO)CC2)cc1. The monoisotopic (exact) mass is 236 g/mol. The topological polar surface area (TPSA) is 38.7 Å². The van der Waals surface area contributed by atoms with Crippen LogP contribution in [-0.4, -0.2) is 25.4 Å². The van der Waals surface area contributed by atoms with Crippen molar-refractivity contribution in [3.05, 3.63) is 29.8 Å². The van der Waals surface area contributed by atoms with Crippen molar-refractivity contribution in [1.29, 1.82) is 0 Å². The molecule has 1 aromatic rings. The average molecular weight is 236 g/mol. The van der Waals surface area contributed by atoms with Gasteiger partial charge in [0.2, 0.25) is 0 Å². The van der Waals surface area contributed by atoms with Crippen LogP contribution in [0.3, 0.4) is 0 Å². The number of methoxy groups -OCH3 is 1. The van der Waals surface area contributed by atoms with E-state index in [1.807, 2.05) is 24.3 Å². The van der Waals surface area contributed by atoms with E-state index < -0.39 is 0 Å². The highest BCUT2D eigenvalue weighted by Crippen LogP contribution is 2.48. The van der Waals surface area contributed by atoms with Gasteiger partial charge in [-0.3, -0.25) is 0 Å². The molecule has 0 saturated heterocycles. The Morgan fingerprint density at radius 3 is 2.47 bits per heavy atom. The van der Waals surface area contributed by atoms with E-state index in [1.54, 1.807) is 7.11 Å². The first kappa shape index (κ1) is 12.4. The van der Waals surface area contributed by atoms with Crippen LogP contribution in [0.5, 0.6) is 5.75 Å². The Hall–Kier alpha value is -1.06. The summed E-state index contributed by atoms with van der Waals surface area (Å²) in [6, 6.07) is 7.90. The summed E-state index contributed by atoms with van der Waals surface area (Å²) >= 11 is 0. The fourth-order valence-corrected chi connectivity index (χ4v) is 1.86. The zero-order chi connectivity index (χ0) is 12.1. The molecule has 2 rings (SSSR count). The van der Waals surface area contributed by atoms with Crippen LogP contribution in [0, 0.1) is 5.41 Å². The van der Waals surface area contributed by atoms with E-state index in [9.17, 15) is 0 Å². The number of hydrogen-bond donors (Lipinski definition) is 1. The summed E-state index contributed by atoms with van der Waals surface area (Å²) in [4.78, 5) is 0. The predicted octanol–water partition coefficient (Wildman–Crippen LogP) is 2.37. The molecule has 1 N–H and O–H groups in total. The summed E-state index contributed by atoms with van der Waals surface area (Å²) < 4.78 is 10.7. The maximum absolute atomic E-state index is 9.16. The molecular weight excluding hydrogens is 216 g/mol. The molecule has 0 aliphatic heterocycles. The number of rotatable bonds is 7. The van der Waals surface area contributed by atoms with Gasteiger partial charge in [0, 0.05) is 13.2 Å². The number of aliphatic hydroxyl groups is 1. The number of benzene rings is 1. The Kier molecular flexibility index (Phi) is 4.02. The molecule has 1 aliphatic carbocycles. The molecule has 1 aliphatic rings. The summed E-state index contributed by atoms with van der Waals surface area (Å²) in [6.07, 6.45) is 3.27. The largest absolute Gasteiger partial charge is 0.497 e. The van der Waals surface area contributed by atoms with Gasteiger partial charge in [-0.1, -0.05) is 12.1 Å². The molecule has 94 valence electrons. The van der Waals surface area contributed by atoms with Gasteiger partial charge in [-0.25, -0.2) is 0 Å². The highest BCUT2D eigenvalue weighted by molar-refractivity contribution is 5.26. The second-order valence-electron chi connectivity index (χ2n) is 4.81. The molecule has 1 saturated carbocycles. The zero-order valence-corrected chi connectivity index (χ0v) is 10.3. The standard InChI is InChI=1S/C14H20O3/c1-16-13-4-2-12(3-5-13)10-17-9-8-14(11-15)6-7-14/h2-5,15H,6-11H2,1H3. The van der Waals surface area contributed by atoms with Crippen molar-refractivity contribution in [3.63, 3.8) is 0 Å². The highest BCUT2D eigenvalue weighted by Gasteiger charge is 2.41. The number of aliphatic hydroxyl groups excluding tert-OH is 1. The second-order valence-corrected chi connectivity index (χ2v) is 4.81. The quantitative estimate of drug-likeness (QED) is 0.739. The molecule has 0 aromatic heterocycles. The van der Waals surface area contributed by atoms with E-state index in [1.165, 1.54) is 0 Å². The maximum atomic E-state index is 9.16. The lowest BCUT2D eigenvalue weighted by Gasteiger charge is -2.11. The molecule has 0 unspecified atom stereocenters. The Morgan fingerprint density at radius 2 is 1.94 bits per heavy atom. The van der Waals surface area contributed by atoms with Crippen molar-refractivity contribution in [2.45, 2.75) is 25.9 Å². The highest BCUT2D eigenvalue weighted by atomic mass is 16.5. The lowest BCUT2D eigenvalue weighted by molar-refractivity contribution is 0.0892. The van der Waals surface area contributed by atoms with Crippen LogP contribution < -0.4 is 4.74 Å². The van der Waals surface area contributed by atoms with Crippen LogP contribution in [0.4, 0.5) is 0 Å². The maximum Gasteiger partial charge on any atom is 0.118 e. The van der Waals surface area contributed by atoms with Crippen LogP contribution in [0.15, 0.2) is 24.3 Å². The summed E-state index contributed by atoms with van der Waals surface area (Å²) in [6.45, 7) is 1.66. The smallest absolute Gasteiger partial charge is 0.118 e. The molecular formula is C14H20O3. The van der Waals surface area contributed by atoms with Gasteiger partial charge >= 0.3 is 0 Å². The third-order valence-electron chi connectivity index (χ3n) is 3.50. The molecule has 0 bridgehead atoms. The average Bonchev–Trinajstić information content (AvgIpc) is 3.16. The molecule has 3 heteroatoms. The van der Waals surface area contributed by atoms with Crippen molar-refractivity contribution in [3.8, 4) is 5.75 Å². The molecule has 1 fully saturated rings. The van der Waals surface area contributed by atoms with Crippen molar-refractivity contribution in [2.24, 2.45) is 5.41 Å². The van der Waals surface area contributed by atoms with Crippen molar-refractivity contribution in [2.75, 3.05) is 20.3 Å². The van der Waals surface area contributed by atoms with Crippen molar-refractivity contribution < 1.29 is 14.6 Å². The fourth-order valence-electron chi connectivity index (χ4n) is 1.86. The van der Waals surface area contributed by atoms with E-state index in [-0.39, 0.29) is 5.41 Å². The fraction of sp³-hybridized carbons (Fsp3) is 0.571. The third-order valence-corrected chi connectivity index (χ3v) is 3.50. The van der Waals surface area contributed by atoms with E-state index >= 15 is 0 Å². The minimum absolute atomic E-state index is 0.194. The lowest BCUT2D eigenvalue weighted by Crippen LogP contribution is -2.10. The summed E-state index contributed by atoms with van der Waals surface area (Å²) in [7, 11) is 1.66. The normalized spacial score (nSPS) is 16.8. The van der Waals surface area contributed by atoms with Gasteiger partial charge in [-0.15, -0.1) is 0 Å². The predicted molar refractivity (Wildman–Crippen MR) is 66.0 cm³/mol. The molecule has 1 aromatic carbocycles. The van der Waals surface area contributed by atoms with Gasteiger partial charge in [0.25, 0.3) is 0 Å².